The topological polar surface area (TPSA) is 79.9 Å². The molecule has 5 rings (SSSR count). The molecule has 0 saturated carbocycles. The van der Waals surface area contributed by atoms with Gasteiger partial charge in [-0.3, -0.25) is 9.89 Å². The van der Waals surface area contributed by atoms with E-state index in [1.165, 1.54) is 0 Å². The van der Waals surface area contributed by atoms with Crippen LogP contribution in [0.5, 0.6) is 11.5 Å². The normalized spacial score (nSPS) is 11.0. The van der Waals surface area contributed by atoms with Gasteiger partial charge in [0.25, 0.3) is 5.91 Å². The van der Waals surface area contributed by atoms with Crippen LogP contribution >= 0.6 is 0 Å². The van der Waals surface area contributed by atoms with E-state index in [0.29, 0.717) is 22.7 Å². The summed E-state index contributed by atoms with van der Waals surface area (Å²) < 4.78 is 6.07. The van der Waals surface area contributed by atoms with Gasteiger partial charge in [0.2, 0.25) is 0 Å². The molecule has 146 valence electrons. The largest absolute Gasteiger partial charge is 0.456 e. The molecular weight excluding hydrogens is 376 g/mol. The third kappa shape index (κ3) is 3.35. The van der Waals surface area contributed by atoms with Gasteiger partial charge in [0.1, 0.15) is 11.5 Å². The standard InChI is InChI=1S/C24H18N4O2/c1-15-5-7-16(8-6-15)24(29)27-21-4-2-3-17-13-18(9-10-19(17)21)30-22-11-12-25-23-20(22)14-26-28-23/h2-14H,1H3,(H,27,29)(H,25,26,28). The van der Waals surface area contributed by atoms with Gasteiger partial charge < -0.3 is 10.1 Å². The highest BCUT2D eigenvalue weighted by Gasteiger charge is 2.10. The number of pyridine rings is 1. The Morgan fingerprint density at radius 3 is 2.73 bits per heavy atom. The highest BCUT2D eigenvalue weighted by molar-refractivity contribution is 6.09. The number of H-pyrrole nitrogens is 1. The molecule has 6 nitrogen and oxygen atoms in total. The molecule has 0 aliphatic rings. The van der Waals surface area contributed by atoms with Gasteiger partial charge in [-0.1, -0.05) is 29.8 Å². The van der Waals surface area contributed by atoms with Crippen LogP contribution in [0, 0.1) is 6.92 Å². The fourth-order valence-corrected chi connectivity index (χ4v) is 3.38. The van der Waals surface area contributed by atoms with Gasteiger partial charge in [-0.05, 0) is 54.8 Å². The van der Waals surface area contributed by atoms with Crippen LogP contribution in [0.1, 0.15) is 15.9 Å². The number of ether oxygens (including phenoxy) is 1. The smallest absolute Gasteiger partial charge is 0.255 e. The van der Waals surface area contributed by atoms with Gasteiger partial charge in [0.15, 0.2) is 5.65 Å². The molecule has 0 unspecified atom stereocenters. The van der Waals surface area contributed by atoms with E-state index in [2.05, 4.69) is 20.5 Å². The number of benzene rings is 3. The summed E-state index contributed by atoms with van der Waals surface area (Å²) in [5.41, 5.74) is 3.17. The number of rotatable bonds is 4. The fraction of sp³-hybridized carbons (Fsp3) is 0.0417. The van der Waals surface area contributed by atoms with Crippen molar-refractivity contribution in [3.8, 4) is 11.5 Å². The lowest BCUT2D eigenvalue weighted by molar-refractivity contribution is 0.102. The maximum Gasteiger partial charge on any atom is 0.255 e. The van der Waals surface area contributed by atoms with E-state index in [9.17, 15) is 4.79 Å². The number of fused-ring (bicyclic) bond motifs is 2. The van der Waals surface area contributed by atoms with Crippen LogP contribution in [0.15, 0.2) is 79.1 Å². The van der Waals surface area contributed by atoms with Crippen molar-refractivity contribution in [1.82, 2.24) is 15.2 Å². The van der Waals surface area contributed by atoms with Gasteiger partial charge in [-0.2, -0.15) is 5.10 Å². The van der Waals surface area contributed by atoms with Crippen molar-refractivity contribution in [3.63, 3.8) is 0 Å². The molecule has 0 fully saturated rings. The zero-order valence-corrected chi connectivity index (χ0v) is 16.2. The molecule has 5 aromatic rings. The summed E-state index contributed by atoms with van der Waals surface area (Å²) in [6.45, 7) is 2.00. The van der Waals surface area contributed by atoms with Crippen molar-refractivity contribution in [1.29, 1.82) is 0 Å². The van der Waals surface area contributed by atoms with Crippen molar-refractivity contribution >= 4 is 33.4 Å². The minimum Gasteiger partial charge on any atom is -0.456 e. The molecule has 2 aromatic heterocycles. The van der Waals surface area contributed by atoms with E-state index in [4.69, 9.17) is 4.74 Å². The Hall–Kier alpha value is -4.19. The number of nitrogens with one attached hydrogen (secondary N) is 2. The lowest BCUT2D eigenvalue weighted by atomic mass is 10.1. The second-order valence-corrected chi connectivity index (χ2v) is 7.05. The summed E-state index contributed by atoms with van der Waals surface area (Å²) in [6.07, 6.45) is 3.37. The Kier molecular flexibility index (Phi) is 4.37. The molecule has 0 aliphatic carbocycles. The predicted octanol–water partition coefficient (Wildman–Crippen LogP) is 5.46. The predicted molar refractivity (Wildman–Crippen MR) is 117 cm³/mol. The number of hydrogen-bond acceptors (Lipinski definition) is 4. The highest BCUT2D eigenvalue weighted by atomic mass is 16.5. The Morgan fingerprint density at radius 1 is 1.00 bits per heavy atom. The van der Waals surface area contributed by atoms with E-state index in [-0.39, 0.29) is 5.91 Å². The molecular formula is C24H18N4O2. The van der Waals surface area contributed by atoms with Crippen molar-refractivity contribution in [3.05, 3.63) is 90.3 Å². The van der Waals surface area contributed by atoms with Gasteiger partial charge in [0.05, 0.1) is 11.6 Å². The first-order chi connectivity index (χ1) is 14.7. The molecule has 0 atom stereocenters. The quantitative estimate of drug-likeness (QED) is 0.424. The van der Waals surface area contributed by atoms with Gasteiger partial charge in [-0.25, -0.2) is 4.98 Å². The summed E-state index contributed by atoms with van der Waals surface area (Å²) in [4.78, 5) is 16.8. The molecule has 6 heteroatoms. The lowest BCUT2D eigenvalue weighted by Gasteiger charge is -2.11. The number of nitrogens with zero attached hydrogens (tertiary/aromatic N) is 2. The highest BCUT2D eigenvalue weighted by Crippen LogP contribution is 2.32. The Bertz CT molecular complexity index is 1370. The first kappa shape index (κ1) is 17.9. The maximum atomic E-state index is 12.6. The summed E-state index contributed by atoms with van der Waals surface area (Å²) >= 11 is 0. The summed E-state index contributed by atoms with van der Waals surface area (Å²) in [5, 5.41) is 12.6. The average Bonchev–Trinajstić information content (AvgIpc) is 3.24. The Morgan fingerprint density at radius 2 is 1.87 bits per heavy atom. The number of anilines is 1. The van der Waals surface area contributed by atoms with Gasteiger partial charge in [-0.15, -0.1) is 0 Å². The van der Waals surface area contributed by atoms with Crippen molar-refractivity contribution in [2.75, 3.05) is 5.32 Å². The Balaban J connectivity index is 1.44. The van der Waals surface area contributed by atoms with E-state index in [0.717, 1.165) is 27.4 Å². The zero-order valence-electron chi connectivity index (χ0n) is 16.2. The summed E-state index contributed by atoms with van der Waals surface area (Å²) in [5.74, 6) is 1.23. The summed E-state index contributed by atoms with van der Waals surface area (Å²) in [7, 11) is 0. The summed E-state index contributed by atoms with van der Waals surface area (Å²) in [6, 6.07) is 20.9. The number of carbonyl (C=O) groups is 1. The van der Waals surface area contributed by atoms with E-state index in [1.54, 1.807) is 18.5 Å². The Labute approximate surface area is 172 Å². The molecule has 30 heavy (non-hydrogen) atoms. The molecule has 3 aromatic carbocycles. The van der Waals surface area contributed by atoms with Crippen LogP contribution in [0.25, 0.3) is 21.8 Å². The van der Waals surface area contributed by atoms with E-state index in [1.807, 2.05) is 67.6 Å². The van der Waals surface area contributed by atoms with E-state index < -0.39 is 0 Å². The van der Waals surface area contributed by atoms with Gasteiger partial charge in [0, 0.05) is 22.8 Å². The molecule has 0 saturated heterocycles. The molecule has 0 spiro atoms. The van der Waals surface area contributed by atoms with Crippen LogP contribution in [0.4, 0.5) is 5.69 Å². The second kappa shape index (κ2) is 7.33. The minimum absolute atomic E-state index is 0.137. The van der Waals surface area contributed by atoms with Crippen LogP contribution < -0.4 is 10.1 Å². The zero-order chi connectivity index (χ0) is 20.5. The molecule has 2 N–H and O–H groups in total. The first-order valence-electron chi connectivity index (χ1n) is 9.54. The minimum atomic E-state index is -0.137. The van der Waals surface area contributed by atoms with Crippen molar-refractivity contribution < 1.29 is 9.53 Å². The van der Waals surface area contributed by atoms with Crippen LogP contribution in [0.3, 0.4) is 0 Å². The number of hydrogen-bond donors (Lipinski definition) is 2. The van der Waals surface area contributed by atoms with Crippen molar-refractivity contribution in [2.45, 2.75) is 6.92 Å². The monoisotopic (exact) mass is 394 g/mol. The lowest BCUT2D eigenvalue weighted by Crippen LogP contribution is -2.12. The number of carbonyl (C=O) groups excluding carboxylic acids is 1. The third-order valence-electron chi connectivity index (χ3n) is 4.96. The molecule has 0 radical (unpaired) electrons. The first-order valence-corrected chi connectivity index (χ1v) is 9.54. The maximum absolute atomic E-state index is 12.6. The van der Waals surface area contributed by atoms with Gasteiger partial charge >= 0.3 is 0 Å². The van der Waals surface area contributed by atoms with Crippen molar-refractivity contribution in [2.24, 2.45) is 0 Å². The molecule has 1 amide bonds. The SMILES string of the molecule is Cc1ccc(C(=O)Nc2cccc3cc(Oc4ccnc5[nH]ncc45)ccc23)cc1. The third-order valence-corrected chi connectivity index (χ3v) is 4.96. The number of amides is 1. The van der Waals surface area contributed by atoms with E-state index >= 15 is 0 Å². The average molecular weight is 394 g/mol. The number of aromatic nitrogens is 3. The molecule has 0 aliphatic heterocycles. The number of aryl methyl sites for hydroxylation is 1. The van der Waals surface area contributed by atoms with Crippen LogP contribution in [-0.2, 0) is 0 Å². The second-order valence-electron chi connectivity index (χ2n) is 7.05. The molecule has 2 heterocycles. The fourth-order valence-electron chi connectivity index (χ4n) is 3.38. The van der Waals surface area contributed by atoms with Crippen LogP contribution in [-0.4, -0.2) is 21.1 Å². The number of aromatic amines is 1. The van der Waals surface area contributed by atoms with Crippen LogP contribution in [0.2, 0.25) is 0 Å². The molecule has 0 bridgehead atoms.